The van der Waals surface area contributed by atoms with E-state index in [1.165, 1.54) is 30.3 Å². The Kier molecular flexibility index (Phi) is 4.44. The zero-order valence-corrected chi connectivity index (χ0v) is 13.0. The minimum atomic E-state index is -0.879. The van der Waals surface area contributed by atoms with Gasteiger partial charge in [0.15, 0.2) is 0 Å². The van der Waals surface area contributed by atoms with Crippen LogP contribution in [-0.2, 0) is 0 Å². The predicted molar refractivity (Wildman–Crippen MR) is 85.5 cm³/mol. The van der Waals surface area contributed by atoms with Crippen LogP contribution in [0.5, 0.6) is 0 Å². The maximum atomic E-state index is 13.9. The number of amides is 1. The number of benzene rings is 1. The molecular weight excluding hydrogens is 313 g/mol. The molecule has 1 aliphatic rings. The molecule has 7 heteroatoms. The van der Waals surface area contributed by atoms with Gasteiger partial charge in [0, 0.05) is 12.6 Å². The number of nitrogens with zero attached hydrogens (tertiary/aromatic N) is 2. The molecule has 2 aromatic rings. The summed E-state index contributed by atoms with van der Waals surface area (Å²) in [6, 6.07) is 8.16. The van der Waals surface area contributed by atoms with Crippen LogP contribution in [0.3, 0.4) is 0 Å². The van der Waals surface area contributed by atoms with Crippen LogP contribution in [0.4, 0.5) is 4.39 Å². The van der Waals surface area contributed by atoms with E-state index in [-0.39, 0.29) is 17.9 Å². The molecule has 0 saturated heterocycles. The van der Waals surface area contributed by atoms with Gasteiger partial charge in [0.05, 0.1) is 5.60 Å². The maximum absolute atomic E-state index is 13.9. The van der Waals surface area contributed by atoms with Crippen LogP contribution in [0.25, 0.3) is 5.69 Å². The molecule has 1 amide bonds. The molecular formula is C17H18FN3O3. The number of carbonyl (C=O) groups excluding carboxylic acids is 1. The number of hydrogen-bond acceptors (Lipinski definition) is 4. The Morgan fingerprint density at radius 2 is 1.96 bits per heavy atom. The first-order valence-electron chi connectivity index (χ1n) is 7.84. The quantitative estimate of drug-likeness (QED) is 0.887. The van der Waals surface area contributed by atoms with Crippen LogP contribution >= 0.6 is 0 Å². The Morgan fingerprint density at radius 1 is 1.25 bits per heavy atom. The van der Waals surface area contributed by atoms with Gasteiger partial charge >= 0.3 is 0 Å². The van der Waals surface area contributed by atoms with Gasteiger partial charge in [-0.3, -0.25) is 9.59 Å². The molecule has 2 N–H and O–H groups in total. The van der Waals surface area contributed by atoms with Crippen LogP contribution in [-0.4, -0.2) is 32.9 Å². The highest BCUT2D eigenvalue weighted by atomic mass is 19.1. The van der Waals surface area contributed by atoms with Crippen molar-refractivity contribution in [2.24, 2.45) is 0 Å². The van der Waals surface area contributed by atoms with Gasteiger partial charge in [-0.15, -0.1) is 0 Å². The molecule has 0 unspecified atom stereocenters. The topological polar surface area (TPSA) is 84.2 Å². The van der Waals surface area contributed by atoms with E-state index in [9.17, 15) is 19.1 Å². The summed E-state index contributed by atoms with van der Waals surface area (Å²) >= 11 is 0. The van der Waals surface area contributed by atoms with E-state index < -0.39 is 22.9 Å². The highest BCUT2D eigenvalue weighted by molar-refractivity contribution is 5.92. The first kappa shape index (κ1) is 16.3. The van der Waals surface area contributed by atoms with Crippen LogP contribution in [0, 0.1) is 5.82 Å². The van der Waals surface area contributed by atoms with Crippen LogP contribution in [0.1, 0.15) is 36.2 Å². The van der Waals surface area contributed by atoms with Crippen molar-refractivity contribution in [1.29, 1.82) is 0 Å². The summed E-state index contributed by atoms with van der Waals surface area (Å²) in [4.78, 5) is 24.2. The zero-order chi connectivity index (χ0) is 17.2. The monoisotopic (exact) mass is 331 g/mol. The molecule has 0 bridgehead atoms. The van der Waals surface area contributed by atoms with Gasteiger partial charge in [0.25, 0.3) is 11.5 Å². The maximum Gasteiger partial charge on any atom is 0.271 e. The third kappa shape index (κ3) is 3.35. The highest BCUT2D eigenvalue weighted by Crippen LogP contribution is 2.28. The van der Waals surface area contributed by atoms with E-state index in [1.807, 2.05) is 0 Å². The Morgan fingerprint density at radius 3 is 2.67 bits per heavy atom. The van der Waals surface area contributed by atoms with Crippen molar-refractivity contribution in [2.75, 3.05) is 6.54 Å². The number of carbonyl (C=O) groups is 1. The summed E-state index contributed by atoms with van der Waals surface area (Å²) in [6.07, 6.45) is 3.16. The zero-order valence-electron chi connectivity index (χ0n) is 13.0. The molecule has 1 saturated carbocycles. The summed E-state index contributed by atoms with van der Waals surface area (Å²) in [5, 5.41) is 16.8. The van der Waals surface area contributed by atoms with E-state index in [0.29, 0.717) is 12.8 Å². The van der Waals surface area contributed by atoms with Crippen molar-refractivity contribution in [2.45, 2.75) is 31.3 Å². The lowest BCUT2D eigenvalue weighted by Crippen LogP contribution is -2.41. The van der Waals surface area contributed by atoms with Gasteiger partial charge in [0.1, 0.15) is 17.2 Å². The lowest BCUT2D eigenvalue weighted by atomic mass is 10.0. The standard InChI is InChI=1S/C17H18FN3O3/c18-12-5-1-2-6-14(12)21-15(22)8-7-13(20-21)16(23)19-11-17(24)9-3-4-10-17/h1-2,5-8,24H,3-4,9-11H2,(H,19,23). The van der Waals surface area contributed by atoms with Gasteiger partial charge in [-0.1, -0.05) is 25.0 Å². The van der Waals surface area contributed by atoms with Crippen molar-refractivity contribution in [3.63, 3.8) is 0 Å². The largest absolute Gasteiger partial charge is 0.388 e. The molecule has 1 aliphatic carbocycles. The Labute approximate surface area is 137 Å². The summed E-state index contributed by atoms with van der Waals surface area (Å²) < 4.78 is 14.7. The number of aliphatic hydroxyl groups is 1. The van der Waals surface area contributed by atoms with E-state index in [4.69, 9.17) is 0 Å². The lowest BCUT2D eigenvalue weighted by Gasteiger charge is -2.22. The SMILES string of the molecule is O=C(NCC1(O)CCCC1)c1ccc(=O)n(-c2ccccc2F)n1. The molecule has 0 radical (unpaired) electrons. The summed E-state index contributed by atoms with van der Waals surface area (Å²) in [5.41, 5.74) is -1.45. The summed E-state index contributed by atoms with van der Waals surface area (Å²) in [7, 11) is 0. The number of para-hydroxylation sites is 1. The van der Waals surface area contributed by atoms with Crippen molar-refractivity contribution in [3.8, 4) is 5.69 Å². The van der Waals surface area contributed by atoms with Crippen molar-refractivity contribution >= 4 is 5.91 Å². The average Bonchev–Trinajstić information content (AvgIpc) is 3.01. The second-order valence-electron chi connectivity index (χ2n) is 6.03. The fourth-order valence-corrected chi connectivity index (χ4v) is 2.87. The number of rotatable bonds is 4. The number of hydrogen-bond donors (Lipinski definition) is 2. The fraction of sp³-hybridized carbons (Fsp3) is 0.353. The predicted octanol–water partition coefficient (Wildman–Crippen LogP) is 1.41. The molecule has 6 nitrogen and oxygen atoms in total. The van der Waals surface area contributed by atoms with Crippen molar-refractivity contribution in [1.82, 2.24) is 15.1 Å². The van der Waals surface area contributed by atoms with E-state index in [0.717, 1.165) is 17.5 Å². The molecule has 1 fully saturated rings. The number of halogens is 1. The van der Waals surface area contributed by atoms with Crippen LogP contribution < -0.4 is 10.9 Å². The minimum absolute atomic E-state index is 0.0144. The molecule has 1 aromatic carbocycles. The minimum Gasteiger partial charge on any atom is -0.388 e. The van der Waals surface area contributed by atoms with Crippen molar-refractivity contribution < 1.29 is 14.3 Å². The van der Waals surface area contributed by atoms with Crippen LogP contribution in [0.2, 0.25) is 0 Å². The Hall–Kier alpha value is -2.54. The molecule has 0 atom stereocenters. The third-order valence-corrected chi connectivity index (χ3v) is 4.23. The van der Waals surface area contributed by atoms with E-state index in [2.05, 4.69) is 10.4 Å². The third-order valence-electron chi connectivity index (χ3n) is 4.23. The van der Waals surface area contributed by atoms with Gasteiger partial charge in [-0.25, -0.2) is 4.39 Å². The summed E-state index contributed by atoms with van der Waals surface area (Å²) in [5.74, 6) is -1.12. The Balaban J connectivity index is 1.82. The first-order valence-corrected chi connectivity index (χ1v) is 7.84. The average molecular weight is 331 g/mol. The molecule has 0 aliphatic heterocycles. The number of nitrogens with one attached hydrogen (secondary N) is 1. The van der Waals surface area contributed by atoms with Gasteiger partial charge in [-0.05, 0) is 31.0 Å². The van der Waals surface area contributed by atoms with Crippen molar-refractivity contribution in [3.05, 3.63) is 58.3 Å². The second-order valence-corrected chi connectivity index (χ2v) is 6.03. The molecule has 1 aromatic heterocycles. The Bertz CT molecular complexity index is 813. The fourth-order valence-electron chi connectivity index (χ4n) is 2.87. The molecule has 1 heterocycles. The lowest BCUT2D eigenvalue weighted by molar-refractivity contribution is 0.0448. The number of aromatic nitrogens is 2. The van der Waals surface area contributed by atoms with Crippen LogP contribution in [0.15, 0.2) is 41.2 Å². The molecule has 126 valence electrons. The molecule has 0 spiro atoms. The highest BCUT2D eigenvalue weighted by Gasteiger charge is 2.31. The first-order chi connectivity index (χ1) is 11.5. The van der Waals surface area contributed by atoms with E-state index >= 15 is 0 Å². The smallest absolute Gasteiger partial charge is 0.271 e. The van der Waals surface area contributed by atoms with Gasteiger partial charge in [-0.2, -0.15) is 9.78 Å². The molecule has 24 heavy (non-hydrogen) atoms. The van der Waals surface area contributed by atoms with Gasteiger partial charge < -0.3 is 10.4 Å². The normalized spacial score (nSPS) is 16.1. The van der Waals surface area contributed by atoms with E-state index in [1.54, 1.807) is 6.07 Å². The second kappa shape index (κ2) is 6.52. The molecule has 3 rings (SSSR count). The van der Waals surface area contributed by atoms with Gasteiger partial charge in [0.2, 0.25) is 0 Å². The summed E-state index contributed by atoms with van der Waals surface area (Å²) in [6.45, 7) is 0.131.